The molecule has 0 bridgehead atoms. The predicted octanol–water partition coefficient (Wildman–Crippen LogP) is 4.93. The lowest BCUT2D eigenvalue weighted by Gasteiger charge is -2.09. The fourth-order valence-electron chi connectivity index (χ4n) is 3.93. The number of hydrogen-bond acceptors (Lipinski definition) is 5. The number of hydrogen-bond donors (Lipinski definition) is 0. The SMILES string of the molecule is O=C(COc1ccc2c(c1)CCC2)Oc1ccc2c(=O)c(-c3ccccc3)coc2c1. The molecule has 5 heteroatoms. The van der Waals surface area contributed by atoms with E-state index in [0.717, 1.165) is 24.8 Å². The van der Waals surface area contributed by atoms with Gasteiger partial charge in [-0.3, -0.25) is 4.79 Å². The van der Waals surface area contributed by atoms with Crippen LogP contribution in [-0.2, 0) is 17.6 Å². The molecule has 0 spiro atoms. The standard InChI is InChI=1S/C26H20O5/c27-25(16-29-20-10-9-17-7-4-8-19(17)13-20)31-21-11-12-22-24(14-21)30-15-23(26(22)28)18-5-2-1-3-6-18/h1-3,5-6,9-15H,4,7-8,16H2. The largest absolute Gasteiger partial charge is 0.482 e. The summed E-state index contributed by atoms with van der Waals surface area (Å²) in [5.74, 6) is 0.435. The molecule has 0 radical (unpaired) electrons. The summed E-state index contributed by atoms with van der Waals surface area (Å²) in [7, 11) is 0. The number of esters is 1. The highest BCUT2D eigenvalue weighted by molar-refractivity contribution is 5.83. The van der Waals surface area contributed by atoms with Crippen LogP contribution in [0.3, 0.4) is 0 Å². The van der Waals surface area contributed by atoms with E-state index in [2.05, 4.69) is 6.07 Å². The van der Waals surface area contributed by atoms with Gasteiger partial charge in [0.2, 0.25) is 0 Å². The molecule has 0 amide bonds. The van der Waals surface area contributed by atoms with Gasteiger partial charge in [0.05, 0.1) is 10.9 Å². The van der Waals surface area contributed by atoms with Crippen molar-refractivity contribution in [2.45, 2.75) is 19.3 Å². The Balaban J connectivity index is 1.29. The molecule has 154 valence electrons. The highest BCUT2D eigenvalue weighted by Gasteiger charge is 2.14. The summed E-state index contributed by atoms with van der Waals surface area (Å²) >= 11 is 0. The molecule has 0 N–H and O–H groups in total. The molecule has 0 saturated carbocycles. The molecule has 3 aromatic carbocycles. The lowest BCUT2D eigenvalue weighted by atomic mass is 10.1. The average Bonchev–Trinajstić information content (AvgIpc) is 3.26. The Morgan fingerprint density at radius 2 is 1.71 bits per heavy atom. The first kappa shape index (κ1) is 19.1. The summed E-state index contributed by atoms with van der Waals surface area (Å²) in [6.45, 7) is -0.201. The van der Waals surface area contributed by atoms with E-state index in [4.69, 9.17) is 13.9 Å². The minimum Gasteiger partial charge on any atom is -0.482 e. The zero-order chi connectivity index (χ0) is 21.2. The third kappa shape index (κ3) is 3.94. The van der Waals surface area contributed by atoms with Crippen LogP contribution in [0, 0.1) is 0 Å². The zero-order valence-corrected chi connectivity index (χ0v) is 16.8. The molecular formula is C26H20O5. The first-order valence-electron chi connectivity index (χ1n) is 10.2. The van der Waals surface area contributed by atoms with Crippen molar-refractivity contribution in [2.24, 2.45) is 0 Å². The van der Waals surface area contributed by atoms with Crippen LogP contribution < -0.4 is 14.9 Å². The topological polar surface area (TPSA) is 65.7 Å². The number of rotatable bonds is 5. The van der Waals surface area contributed by atoms with E-state index in [-0.39, 0.29) is 12.0 Å². The summed E-state index contributed by atoms with van der Waals surface area (Å²) in [6.07, 6.45) is 4.74. The second-order valence-corrected chi connectivity index (χ2v) is 7.55. The molecule has 0 aliphatic heterocycles. The number of carbonyl (C=O) groups excluding carboxylic acids is 1. The quantitative estimate of drug-likeness (QED) is 0.343. The summed E-state index contributed by atoms with van der Waals surface area (Å²) < 4.78 is 16.6. The van der Waals surface area contributed by atoms with Crippen molar-refractivity contribution in [2.75, 3.05) is 6.61 Å². The maximum absolute atomic E-state index is 12.8. The molecule has 1 aliphatic carbocycles. The normalized spacial score (nSPS) is 12.5. The summed E-state index contributed by atoms with van der Waals surface area (Å²) in [5, 5.41) is 0.426. The van der Waals surface area contributed by atoms with Gasteiger partial charge in [0.25, 0.3) is 0 Å². The molecular weight excluding hydrogens is 392 g/mol. The first-order valence-corrected chi connectivity index (χ1v) is 10.2. The van der Waals surface area contributed by atoms with Gasteiger partial charge in [0.1, 0.15) is 23.3 Å². The van der Waals surface area contributed by atoms with Crippen molar-refractivity contribution >= 4 is 16.9 Å². The third-order valence-corrected chi connectivity index (χ3v) is 5.49. The van der Waals surface area contributed by atoms with Gasteiger partial charge in [-0.2, -0.15) is 0 Å². The lowest BCUT2D eigenvalue weighted by molar-refractivity contribution is -0.136. The van der Waals surface area contributed by atoms with Crippen LogP contribution in [0.25, 0.3) is 22.1 Å². The van der Waals surface area contributed by atoms with Crippen molar-refractivity contribution in [3.63, 3.8) is 0 Å². The Morgan fingerprint density at radius 1 is 0.903 bits per heavy atom. The van der Waals surface area contributed by atoms with Gasteiger partial charge in [0, 0.05) is 6.07 Å². The number of carbonyl (C=O) groups is 1. The predicted molar refractivity (Wildman–Crippen MR) is 118 cm³/mol. The monoisotopic (exact) mass is 412 g/mol. The van der Waals surface area contributed by atoms with Gasteiger partial charge in [0.15, 0.2) is 12.0 Å². The van der Waals surface area contributed by atoms with Gasteiger partial charge in [-0.1, -0.05) is 36.4 Å². The molecule has 5 rings (SSSR count). The van der Waals surface area contributed by atoms with Crippen LogP contribution in [0.4, 0.5) is 0 Å². The molecule has 1 aliphatic rings. The summed E-state index contributed by atoms with van der Waals surface area (Å²) in [4.78, 5) is 25.0. The van der Waals surface area contributed by atoms with Gasteiger partial charge >= 0.3 is 5.97 Å². The van der Waals surface area contributed by atoms with Crippen molar-refractivity contribution in [3.8, 4) is 22.6 Å². The minimum absolute atomic E-state index is 0.134. The molecule has 0 unspecified atom stereocenters. The van der Waals surface area contributed by atoms with Crippen LogP contribution in [-0.4, -0.2) is 12.6 Å². The Kier molecular flexibility index (Phi) is 5.00. The second-order valence-electron chi connectivity index (χ2n) is 7.55. The van der Waals surface area contributed by atoms with Gasteiger partial charge in [-0.15, -0.1) is 0 Å². The average molecular weight is 412 g/mol. The highest BCUT2D eigenvalue weighted by atomic mass is 16.6. The van der Waals surface area contributed by atoms with Crippen molar-refractivity contribution in [3.05, 3.63) is 94.3 Å². The molecule has 5 nitrogen and oxygen atoms in total. The van der Waals surface area contributed by atoms with Crippen LogP contribution in [0.5, 0.6) is 11.5 Å². The van der Waals surface area contributed by atoms with Crippen LogP contribution >= 0.6 is 0 Å². The number of benzene rings is 3. The minimum atomic E-state index is -0.525. The van der Waals surface area contributed by atoms with E-state index >= 15 is 0 Å². The fourth-order valence-corrected chi connectivity index (χ4v) is 3.93. The third-order valence-electron chi connectivity index (χ3n) is 5.49. The van der Waals surface area contributed by atoms with Crippen molar-refractivity contribution < 1.29 is 18.7 Å². The van der Waals surface area contributed by atoms with Crippen LogP contribution in [0.1, 0.15) is 17.5 Å². The van der Waals surface area contributed by atoms with Crippen LogP contribution in [0.2, 0.25) is 0 Å². The van der Waals surface area contributed by atoms with Crippen molar-refractivity contribution in [1.82, 2.24) is 0 Å². The Morgan fingerprint density at radius 3 is 2.58 bits per heavy atom. The van der Waals surface area contributed by atoms with E-state index in [0.29, 0.717) is 28.0 Å². The van der Waals surface area contributed by atoms with E-state index in [1.807, 2.05) is 42.5 Å². The molecule has 1 heterocycles. The second kappa shape index (κ2) is 8.11. The zero-order valence-electron chi connectivity index (χ0n) is 16.8. The molecule has 31 heavy (non-hydrogen) atoms. The maximum atomic E-state index is 12.8. The molecule has 1 aromatic heterocycles. The molecule has 0 saturated heterocycles. The Labute approximate surface area is 178 Å². The Hall–Kier alpha value is -3.86. The maximum Gasteiger partial charge on any atom is 0.349 e. The van der Waals surface area contributed by atoms with E-state index in [1.165, 1.54) is 17.4 Å². The molecule has 4 aromatic rings. The van der Waals surface area contributed by atoms with Crippen molar-refractivity contribution in [1.29, 1.82) is 0 Å². The fraction of sp³-hybridized carbons (Fsp3) is 0.154. The highest BCUT2D eigenvalue weighted by Crippen LogP contribution is 2.26. The molecule has 0 atom stereocenters. The summed E-state index contributed by atoms with van der Waals surface area (Å²) in [6, 6.07) is 20.0. The Bertz CT molecular complexity index is 1320. The lowest BCUT2D eigenvalue weighted by Crippen LogP contribution is -2.17. The number of ether oxygens (including phenoxy) is 2. The van der Waals surface area contributed by atoms with E-state index in [9.17, 15) is 9.59 Å². The first-order chi connectivity index (χ1) is 15.2. The number of fused-ring (bicyclic) bond motifs is 2. The van der Waals surface area contributed by atoms with Gasteiger partial charge in [-0.25, -0.2) is 4.79 Å². The van der Waals surface area contributed by atoms with Crippen LogP contribution in [0.15, 0.2) is 82.2 Å². The van der Waals surface area contributed by atoms with Gasteiger partial charge < -0.3 is 13.9 Å². The summed E-state index contributed by atoms with van der Waals surface area (Å²) in [5.41, 5.74) is 4.13. The smallest absolute Gasteiger partial charge is 0.349 e. The van der Waals surface area contributed by atoms with Gasteiger partial charge in [-0.05, 0) is 60.2 Å². The number of aryl methyl sites for hydroxylation is 2. The molecule has 0 fully saturated rings. The van der Waals surface area contributed by atoms with E-state index in [1.54, 1.807) is 18.2 Å². The van der Waals surface area contributed by atoms with E-state index < -0.39 is 5.97 Å².